The minimum atomic E-state index is -0.528. The van der Waals surface area contributed by atoms with E-state index in [0.717, 1.165) is 4.90 Å². The number of thioether (sulfide) groups is 1. The lowest BCUT2D eigenvalue weighted by molar-refractivity contribution is -0.115. The molecule has 9 nitrogen and oxygen atoms in total. The molecule has 0 saturated heterocycles. The van der Waals surface area contributed by atoms with Gasteiger partial charge in [-0.1, -0.05) is 42.5 Å². The van der Waals surface area contributed by atoms with E-state index in [1.807, 2.05) is 18.2 Å². The van der Waals surface area contributed by atoms with Crippen molar-refractivity contribution in [2.75, 3.05) is 32.0 Å². The number of carbonyl (C=O) groups excluding carboxylic acids is 3. The molecule has 0 radical (unpaired) electrons. The molecule has 44 heavy (non-hydrogen) atoms. The van der Waals surface area contributed by atoms with E-state index >= 15 is 0 Å². The number of benzene rings is 4. The van der Waals surface area contributed by atoms with E-state index in [1.165, 1.54) is 18.9 Å². The molecular formula is C34H33N3O6S. The maximum atomic E-state index is 13.5. The average molecular weight is 612 g/mol. The van der Waals surface area contributed by atoms with Crippen LogP contribution in [0.1, 0.15) is 22.8 Å². The molecule has 226 valence electrons. The second kappa shape index (κ2) is 15.3. The highest BCUT2D eigenvalue weighted by Crippen LogP contribution is 2.29. The summed E-state index contributed by atoms with van der Waals surface area (Å²) in [6, 6.07) is 28.1. The van der Waals surface area contributed by atoms with Crippen molar-refractivity contribution in [3.05, 3.63) is 114 Å². The number of rotatable bonds is 12. The number of anilines is 2. The van der Waals surface area contributed by atoms with Crippen molar-refractivity contribution in [2.45, 2.75) is 17.1 Å². The maximum Gasteiger partial charge on any atom is 0.272 e. The third-order valence-corrected chi connectivity index (χ3v) is 7.45. The fraction of sp³-hybridized carbons (Fsp3) is 0.147. The quantitative estimate of drug-likeness (QED) is 0.128. The lowest BCUT2D eigenvalue weighted by atomic mass is 10.1. The highest BCUT2D eigenvalue weighted by Gasteiger charge is 2.18. The van der Waals surface area contributed by atoms with E-state index in [-0.39, 0.29) is 11.6 Å². The number of methoxy groups -OCH3 is 3. The molecule has 0 aromatic heterocycles. The Morgan fingerprint density at radius 3 is 2.09 bits per heavy atom. The zero-order valence-corrected chi connectivity index (χ0v) is 25.6. The van der Waals surface area contributed by atoms with Crippen LogP contribution >= 0.6 is 11.8 Å². The van der Waals surface area contributed by atoms with Crippen LogP contribution in [0.3, 0.4) is 0 Å². The number of carbonyl (C=O) groups is 3. The Kier molecular flexibility index (Phi) is 11.0. The predicted molar refractivity (Wildman–Crippen MR) is 173 cm³/mol. The molecule has 3 N–H and O–H groups in total. The van der Waals surface area contributed by atoms with Crippen LogP contribution in [0.2, 0.25) is 0 Å². The Bertz CT molecular complexity index is 1640. The number of hydrogen-bond acceptors (Lipinski definition) is 7. The molecule has 4 aromatic rings. The standard InChI is InChI=1S/C34H33N3O6S/c1-22(32(38)36-26-18-27(41-2)21-28(19-26)42-3)44-29-15-10-14-25(20-29)35-34(40)30(17-24-13-8-9-16-31(24)43-4)37-33(39)23-11-6-5-7-12-23/h5-22H,1-4H3,(H,35,40)(H,36,38)(H,37,39)/b30-17+. The highest BCUT2D eigenvalue weighted by atomic mass is 32.2. The van der Waals surface area contributed by atoms with Crippen molar-refractivity contribution in [3.63, 3.8) is 0 Å². The molecule has 10 heteroatoms. The first kappa shape index (κ1) is 31.7. The van der Waals surface area contributed by atoms with Crippen LogP contribution < -0.4 is 30.2 Å². The van der Waals surface area contributed by atoms with Crippen LogP contribution in [0.5, 0.6) is 17.2 Å². The van der Waals surface area contributed by atoms with Gasteiger partial charge in [-0.05, 0) is 49.4 Å². The van der Waals surface area contributed by atoms with Crippen molar-refractivity contribution >= 4 is 46.9 Å². The second-order valence-electron chi connectivity index (χ2n) is 9.45. The van der Waals surface area contributed by atoms with Crippen LogP contribution in [0, 0.1) is 0 Å². The minimum absolute atomic E-state index is 0.0304. The van der Waals surface area contributed by atoms with Gasteiger partial charge in [-0.25, -0.2) is 0 Å². The monoisotopic (exact) mass is 611 g/mol. The highest BCUT2D eigenvalue weighted by molar-refractivity contribution is 8.00. The third kappa shape index (κ3) is 8.65. The van der Waals surface area contributed by atoms with Gasteiger partial charge in [0.15, 0.2) is 0 Å². The minimum Gasteiger partial charge on any atom is -0.497 e. The van der Waals surface area contributed by atoms with Crippen molar-refractivity contribution in [1.29, 1.82) is 0 Å². The van der Waals surface area contributed by atoms with E-state index < -0.39 is 17.1 Å². The molecule has 4 aromatic carbocycles. The summed E-state index contributed by atoms with van der Waals surface area (Å²) in [5.74, 6) is 0.486. The molecule has 0 bridgehead atoms. The molecular weight excluding hydrogens is 578 g/mol. The van der Waals surface area contributed by atoms with Crippen LogP contribution in [0.25, 0.3) is 6.08 Å². The molecule has 0 heterocycles. The van der Waals surface area contributed by atoms with E-state index in [9.17, 15) is 14.4 Å². The average Bonchev–Trinajstić information content (AvgIpc) is 3.04. The summed E-state index contributed by atoms with van der Waals surface area (Å²) >= 11 is 1.33. The van der Waals surface area contributed by atoms with Crippen molar-refractivity contribution < 1.29 is 28.6 Å². The Morgan fingerprint density at radius 2 is 1.41 bits per heavy atom. The SMILES string of the molecule is COc1cc(NC(=O)C(C)Sc2cccc(NC(=O)/C(=C\c3ccccc3OC)NC(=O)c3ccccc3)c2)cc(OC)c1. The first-order valence-electron chi connectivity index (χ1n) is 13.6. The summed E-state index contributed by atoms with van der Waals surface area (Å²) in [6.45, 7) is 1.79. The second-order valence-corrected chi connectivity index (χ2v) is 10.9. The molecule has 4 rings (SSSR count). The van der Waals surface area contributed by atoms with Crippen LogP contribution in [-0.2, 0) is 9.59 Å². The van der Waals surface area contributed by atoms with Gasteiger partial charge in [0.05, 0.1) is 26.6 Å². The van der Waals surface area contributed by atoms with E-state index in [2.05, 4.69) is 16.0 Å². The molecule has 0 aliphatic heterocycles. The summed E-state index contributed by atoms with van der Waals surface area (Å²) in [5, 5.41) is 8.01. The molecule has 1 unspecified atom stereocenters. The number of amides is 3. The Morgan fingerprint density at radius 1 is 0.727 bits per heavy atom. The number of hydrogen-bond donors (Lipinski definition) is 3. The predicted octanol–water partition coefficient (Wildman–Crippen LogP) is 6.24. The van der Waals surface area contributed by atoms with Gasteiger partial charge in [-0.2, -0.15) is 0 Å². The maximum absolute atomic E-state index is 13.5. The lowest BCUT2D eigenvalue weighted by Crippen LogP contribution is -2.30. The molecule has 0 aliphatic carbocycles. The Balaban J connectivity index is 1.49. The fourth-order valence-corrected chi connectivity index (χ4v) is 5.04. The molecule has 0 spiro atoms. The van der Waals surface area contributed by atoms with Crippen molar-refractivity contribution in [3.8, 4) is 17.2 Å². The first-order chi connectivity index (χ1) is 21.3. The van der Waals surface area contributed by atoms with Crippen molar-refractivity contribution in [2.24, 2.45) is 0 Å². The summed E-state index contributed by atoms with van der Waals surface area (Å²) in [6.07, 6.45) is 1.56. The van der Waals surface area contributed by atoms with E-state index in [4.69, 9.17) is 14.2 Å². The van der Waals surface area contributed by atoms with Crippen molar-refractivity contribution in [1.82, 2.24) is 5.32 Å². The largest absolute Gasteiger partial charge is 0.497 e. The molecule has 0 saturated carbocycles. The van der Waals surface area contributed by atoms with Gasteiger partial charge in [-0.3, -0.25) is 14.4 Å². The molecule has 3 amide bonds. The molecule has 0 fully saturated rings. The lowest BCUT2D eigenvalue weighted by Gasteiger charge is -2.15. The fourth-order valence-electron chi connectivity index (χ4n) is 4.11. The zero-order chi connectivity index (χ0) is 31.5. The van der Waals surface area contributed by atoms with Gasteiger partial charge in [0.25, 0.3) is 11.8 Å². The molecule has 0 aliphatic rings. The van der Waals surface area contributed by atoms with Gasteiger partial charge in [0.1, 0.15) is 22.9 Å². The number of para-hydroxylation sites is 1. The smallest absolute Gasteiger partial charge is 0.272 e. The van der Waals surface area contributed by atoms with Crippen LogP contribution in [0.15, 0.2) is 108 Å². The summed E-state index contributed by atoms with van der Waals surface area (Å²) in [5.41, 5.74) is 2.09. The number of nitrogens with one attached hydrogen (secondary N) is 3. The van der Waals surface area contributed by atoms with Gasteiger partial charge in [-0.15, -0.1) is 11.8 Å². The Labute approximate surface area is 260 Å². The van der Waals surface area contributed by atoms with Gasteiger partial charge in [0.2, 0.25) is 5.91 Å². The van der Waals surface area contributed by atoms with E-state index in [0.29, 0.717) is 39.8 Å². The normalized spacial score (nSPS) is 11.6. The summed E-state index contributed by atoms with van der Waals surface area (Å²) < 4.78 is 16.0. The van der Waals surface area contributed by atoms with Gasteiger partial charge in [0, 0.05) is 45.6 Å². The summed E-state index contributed by atoms with van der Waals surface area (Å²) in [4.78, 5) is 40.2. The van der Waals surface area contributed by atoms with Crippen LogP contribution in [0.4, 0.5) is 11.4 Å². The third-order valence-electron chi connectivity index (χ3n) is 6.36. The topological polar surface area (TPSA) is 115 Å². The summed E-state index contributed by atoms with van der Waals surface area (Å²) in [7, 11) is 4.62. The number of ether oxygens (including phenoxy) is 3. The zero-order valence-electron chi connectivity index (χ0n) is 24.8. The van der Waals surface area contributed by atoms with Gasteiger partial charge >= 0.3 is 0 Å². The first-order valence-corrected chi connectivity index (χ1v) is 14.5. The molecule has 1 atom stereocenters. The van der Waals surface area contributed by atoms with E-state index in [1.54, 1.807) is 106 Å². The van der Waals surface area contributed by atoms with Crippen LogP contribution in [-0.4, -0.2) is 44.3 Å². The Hall–Kier alpha value is -5.22. The van der Waals surface area contributed by atoms with Gasteiger partial charge < -0.3 is 30.2 Å².